The highest BCUT2D eigenvalue weighted by Gasteiger charge is 2.70. The van der Waals surface area contributed by atoms with Crippen LogP contribution in [0.2, 0.25) is 58.9 Å². The predicted octanol–water partition coefficient (Wildman–Crippen LogP) is 8.61. The molecule has 0 aromatic heterocycles. The molecule has 0 aromatic rings. The smallest absolute Gasteiger partial charge is 0.185 e. The van der Waals surface area contributed by atoms with Crippen LogP contribution >= 0.6 is 0 Å². The van der Waals surface area contributed by atoms with E-state index in [2.05, 4.69) is 90.9 Å². The Morgan fingerprint density at radius 3 is 2.10 bits per heavy atom. The summed E-state index contributed by atoms with van der Waals surface area (Å²) in [6.45, 7) is 28.3. The SMILES string of the molecule is CON=C(C)C1(O[Si](C)(C)C)C[C@@H](O[Si](C)(C)C)C2C3CC=C4C[C@@H](O[Si](C)(C)C)CCC4(C)C3CC[C@@]21C. The van der Waals surface area contributed by atoms with Gasteiger partial charge in [0.05, 0.1) is 11.8 Å². The Morgan fingerprint density at radius 2 is 1.54 bits per heavy atom. The molecule has 224 valence electrons. The zero-order valence-electron chi connectivity index (χ0n) is 27.5. The van der Waals surface area contributed by atoms with Crippen molar-refractivity contribution in [1.82, 2.24) is 0 Å². The molecular weight excluding hydrogens is 535 g/mol. The fourth-order valence-electron chi connectivity index (χ4n) is 9.38. The molecule has 0 N–H and O–H groups in total. The highest BCUT2D eigenvalue weighted by molar-refractivity contribution is 6.70. The van der Waals surface area contributed by atoms with E-state index in [1.807, 2.05) is 0 Å². The maximum absolute atomic E-state index is 7.33. The largest absolute Gasteiger partial charge is 0.414 e. The minimum absolute atomic E-state index is 0.0370. The molecule has 0 aliphatic heterocycles. The summed E-state index contributed by atoms with van der Waals surface area (Å²) in [7, 11) is -3.58. The van der Waals surface area contributed by atoms with E-state index in [9.17, 15) is 0 Å². The van der Waals surface area contributed by atoms with Crippen molar-refractivity contribution in [3.8, 4) is 0 Å². The van der Waals surface area contributed by atoms with Crippen LogP contribution in [0.1, 0.15) is 65.7 Å². The van der Waals surface area contributed by atoms with Crippen LogP contribution in [-0.2, 0) is 18.1 Å². The summed E-state index contributed by atoms with van der Waals surface area (Å²) in [5.74, 6) is 1.75. The summed E-state index contributed by atoms with van der Waals surface area (Å²) in [6.07, 6.45) is 11.3. The molecule has 8 atom stereocenters. The van der Waals surface area contributed by atoms with Crippen molar-refractivity contribution in [3.05, 3.63) is 11.6 Å². The van der Waals surface area contributed by atoms with Gasteiger partial charge in [-0.1, -0.05) is 30.7 Å². The molecule has 4 rings (SSSR count). The number of fused-ring (bicyclic) bond motifs is 5. The quantitative estimate of drug-likeness (QED) is 0.122. The normalized spacial score (nSPS) is 41.4. The van der Waals surface area contributed by atoms with Crippen LogP contribution in [0.15, 0.2) is 16.8 Å². The van der Waals surface area contributed by atoms with Gasteiger partial charge in [0.1, 0.15) is 12.7 Å². The second-order valence-corrected chi connectivity index (χ2v) is 30.0. The molecule has 0 bridgehead atoms. The van der Waals surface area contributed by atoms with Gasteiger partial charge in [0.15, 0.2) is 25.0 Å². The Morgan fingerprint density at radius 1 is 0.897 bits per heavy atom. The third kappa shape index (κ3) is 5.99. The van der Waals surface area contributed by atoms with Crippen molar-refractivity contribution in [2.75, 3.05) is 7.11 Å². The van der Waals surface area contributed by atoms with Crippen LogP contribution in [-0.4, -0.2) is 55.6 Å². The molecule has 4 aliphatic rings. The minimum Gasteiger partial charge on any atom is -0.414 e. The number of hydrogen-bond acceptors (Lipinski definition) is 5. The molecule has 4 aliphatic carbocycles. The zero-order chi connectivity index (χ0) is 29.2. The van der Waals surface area contributed by atoms with Gasteiger partial charge in [0.25, 0.3) is 0 Å². The van der Waals surface area contributed by atoms with Gasteiger partial charge in [-0.25, -0.2) is 0 Å². The Bertz CT molecular complexity index is 980. The summed E-state index contributed by atoms with van der Waals surface area (Å²) in [4.78, 5) is 5.43. The van der Waals surface area contributed by atoms with Crippen molar-refractivity contribution in [1.29, 1.82) is 0 Å². The van der Waals surface area contributed by atoms with E-state index in [1.54, 1.807) is 12.7 Å². The van der Waals surface area contributed by atoms with Crippen LogP contribution < -0.4 is 0 Å². The predicted molar refractivity (Wildman–Crippen MR) is 171 cm³/mol. The third-order valence-electron chi connectivity index (χ3n) is 10.4. The zero-order valence-corrected chi connectivity index (χ0v) is 30.5. The van der Waals surface area contributed by atoms with Gasteiger partial charge < -0.3 is 18.1 Å². The second-order valence-electron chi connectivity index (χ2n) is 16.6. The third-order valence-corrected chi connectivity index (χ3v) is 13.5. The first-order valence-corrected chi connectivity index (χ1v) is 25.8. The summed E-state index contributed by atoms with van der Waals surface area (Å²) < 4.78 is 21.1. The number of oxime groups is 1. The van der Waals surface area contributed by atoms with E-state index >= 15 is 0 Å². The van der Waals surface area contributed by atoms with E-state index in [0.29, 0.717) is 23.9 Å². The fourth-order valence-corrected chi connectivity index (χ4v) is 13.2. The van der Waals surface area contributed by atoms with E-state index in [-0.39, 0.29) is 16.9 Å². The number of hydrogen-bond donors (Lipinski definition) is 0. The second kappa shape index (κ2) is 10.5. The first-order chi connectivity index (χ1) is 17.7. The molecule has 0 radical (unpaired) electrons. The molecule has 0 amide bonds. The molecule has 5 unspecified atom stereocenters. The van der Waals surface area contributed by atoms with Crippen LogP contribution in [0, 0.1) is 28.6 Å². The van der Waals surface area contributed by atoms with Crippen molar-refractivity contribution < 1.29 is 18.1 Å². The van der Waals surface area contributed by atoms with Crippen LogP contribution in [0.4, 0.5) is 0 Å². The van der Waals surface area contributed by atoms with Crippen LogP contribution in [0.5, 0.6) is 0 Å². The number of rotatable bonds is 8. The lowest BCUT2D eigenvalue weighted by atomic mass is 9.46. The fraction of sp³-hybridized carbons (Fsp3) is 0.903. The van der Waals surface area contributed by atoms with Crippen LogP contribution in [0.3, 0.4) is 0 Å². The molecule has 39 heavy (non-hydrogen) atoms. The highest BCUT2D eigenvalue weighted by Crippen LogP contribution is 2.69. The van der Waals surface area contributed by atoms with Crippen molar-refractivity contribution in [3.63, 3.8) is 0 Å². The van der Waals surface area contributed by atoms with Crippen LogP contribution in [0.25, 0.3) is 0 Å². The summed E-state index contributed by atoms with van der Waals surface area (Å²) >= 11 is 0. The van der Waals surface area contributed by atoms with Crippen molar-refractivity contribution in [2.24, 2.45) is 33.7 Å². The molecule has 0 spiro atoms. The van der Waals surface area contributed by atoms with E-state index in [4.69, 9.17) is 18.1 Å². The molecule has 3 fully saturated rings. The summed E-state index contributed by atoms with van der Waals surface area (Å²) in [6, 6.07) is 0. The Balaban J connectivity index is 1.77. The average Bonchev–Trinajstić information content (AvgIpc) is 2.99. The van der Waals surface area contributed by atoms with Crippen molar-refractivity contribution in [2.45, 2.75) is 142 Å². The van der Waals surface area contributed by atoms with Gasteiger partial charge in [-0.2, -0.15) is 0 Å². The summed E-state index contributed by atoms with van der Waals surface area (Å²) in [5.41, 5.74) is 2.48. The maximum Gasteiger partial charge on any atom is 0.185 e. The topological polar surface area (TPSA) is 49.3 Å². The van der Waals surface area contributed by atoms with Gasteiger partial charge in [-0.05, 0) is 128 Å². The number of allylic oxidation sites excluding steroid dienone is 1. The van der Waals surface area contributed by atoms with Gasteiger partial charge in [0, 0.05) is 17.9 Å². The first kappa shape index (κ1) is 31.7. The lowest BCUT2D eigenvalue weighted by Gasteiger charge is -2.60. The molecule has 0 aromatic carbocycles. The van der Waals surface area contributed by atoms with Crippen molar-refractivity contribution >= 4 is 30.7 Å². The Labute approximate surface area is 243 Å². The molecule has 5 nitrogen and oxygen atoms in total. The molecule has 3 saturated carbocycles. The molecule has 8 heteroatoms. The van der Waals surface area contributed by atoms with E-state index in [0.717, 1.165) is 31.4 Å². The van der Waals surface area contributed by atoms with Gasteiger partial charge in [-0.3, -0.25) is 0 Å². The average molecular weight is 594 g/mol. The van der Waals surface area contributed by atoms with Gasteiger partial charge in [-0.15, -0.1) is 0 Å². The van der Waals surface area contributed by atoms with E-state index < -0.39 is 30.6 Å². The molecular formula is C31H59NO4Si3. The first-order valence-electron chi connectivity index (χ1n) is 15.6. The highest BCUT2D eigenvalue weighted by atomic mass is 28.4. The van der Waals surface area contributed by atoms with E-state index in [1.165, 1.54) is 19.3 Å². The lowest BCUT2D eigenvalue weighted by Crippen LogP contribution is -2.60. The lowest BCUT2D eigenvalue weighted by molar-refractivity contribution is -0.0988. The Kier molecular flexibility index (Phi) is 8.51. The monoisotopic (exact) mass is 593 g/mol. The van der Waals surface area contributed by atoms with Gasteiger partial charge in [0.2, 0.25) is 0 Å². The molecule has 0 saturated heterocycles. The minimum atomic E-state index is -1.91. The Hall–Kier alpha value is -0.259. The van der Waals surface area contributed by atoms with Gasteiger partial charge >= 0.3 is 0 Å². The standard InChI is InChI=1S/C31H59NO4Si3/c1-22(32-33-4)31(36-39(11,12)13)21-27(35-38(8,9)10)28-25-15-14-23-20-24(34-37(5,6)7)16-18-29(23,2)26(25)17-19-30(28,31)3/h14,24-28H,15-21H2,1-13H3/t24-,25?,26?,27+,28?,29?,30-,31?/m0/s1. The number of nitrogens with zero attached hydrogens (tertiary/aromatic N) is 1. The maximum atomic E-state index is 7.33. The molecule has 0 heterocycles. The summed E-state index contributed by atoms with van der Waals surface area (Å²) in [5, 5.41) is 4.60.